The quantitative estimate of drug-likeness (QED) is 0.809. The van der Waals surface area contributed by atoms with E-state index >= 15 is 0 Å². The van der Waals surface area contributed by atoms with Gasteiger partial charge in [0.2, 0.25) is 10.0 Å². The molecule has 1 aromatic carbocycles. The number of halogens is 3. The molecule has 1 unspecified atom stereocenters. The topological polar surface area (TPSA) is 72.2 Å². The number of sulfonamides is 1. The summed E-state index contributed by atoms with van der Waals surface area (Å²) in [7, 11) is -3.99. The molecular weight excluding hydrogens is 325 g/mol. The van der Waals surface area contributed by atoms with Crippen LogP contribution in [0.5, 0.6) is 0 Å². The van der Waals surface area contributed by atoms with E-state index in [4.69, 9.17) is 5.73 Å². The van der Waals surface area contributed by atoms with Gasteiger partial charge in [-0.2, -0.15) is 13.2 Å². The molecule has 0 aliphatic heterocycles. The van der Waals surface area contributed by atoms with Gasteiger partial charge in [0.25, 0.3) is 0 Å². The lowest BCUT2D eigenvalue weighted by atomic mass is 10.1. The van der Waals surface area contributed by atoms with E-state index < -0.39 is 27.0 Å². The Morgan fingerprint density at radius 3 is 2.43 bits per heavy atom. The first kappa shape index (κ1) is 17.7. The Hall–Kier alpha value is -1.35. The summed E-state index contributed by atoms with van der Waals surface area (Å²) in [6.07, 6.45) is -4.43. The number of nitrogens with two attached hydrogens (primary N) is 1. The van der Waals surface area contributed by atoms with Gasteiger partial charge in [0.1, 0.15) is 5.25 Å². The van der Waals surface area contributed by atoms with E-state index in [1.165, 1.54) is 13.0 Å². The van der Waals surface area contributed by atoms with Crippen LogP contribution in [-0.4, -0.2) is 18.7 Å². The first-order chi connectivity index (χ1) is 9.49. The van der Waals surface area contributed by atoms with Crippen LogP contribution in [0.15, 0.2) is 18.2 Å². The fourth-order valence-corrected chi connectivity index (χ4v) is 3.67. The van der Waals surface area contributed by atoms with Crippen LogP contribution >= 0.6 is 12.2 Å². The van der Waals surface area contributed by atoms with Gasteiger partial charge in [-0.3, -0.25) is 4.72 Å². The lowest BCUT2D eigenvalue weighted by Crippen LogP contribution is -2.37. The molecule has 1 atom stereocenters. The fraction of sp³-hybridized carbons (Fsp3) is 0.417. The molecule has 0 fully saturated rings. The zero-order valence-corrected chi connectivity index (χ0v) is 13.0. The molecule has 0 saturated heterocycles. The minimum Gasteiger partial charge on any atom is -0.392 e. The van der Waals surface area contributed by atoms with Crippen molar-refractivity contribution in [3.05, 3.63) is 29.3 Å². The van der Waals surface area contributed by atoms with Gasteiger partial charge in [-0.25, -0.2) is 8.42 Å². The monoisotopic (exact) mass is 340 g/mol. The summed E-state index contributed by atoms with van der Waals surface area (Å²) < 4.78 is 64.4. The van der Waals surface area contributed by atoms with Crippen LogP contribution in [0.3, 0.4) is 0 Å². The van der Waals surface area contributed by atoms with Gasteiger partial charge >= 0.3 is 6.18 Å². The summed E-state index contributed by atoms with van der Waals surface area (Å²) in [5.41, 5.74) is 4.65. The molecule has 0 spiro atoms. The maximum Gasteiger partial charge on any atom is 0.416 e. The maximum absolute atomic E-state index is 12.7. The largest absolute Gasteiger partial charge is 0.416 e. The SMILES string of the molecule is CCC(C(N)=S)S(=O)(=O)Nc1cc(C(F)(F)F)ccc1C. The van der Waals surface area contributed by atoms with Crippen LogP contribution in [0, 0.1) is 6.92 Å². The third kappa shape index (κ3) is 4.31. The van der Waals surface area contributed by atoms with Gasteiger partial charge < -0.3 is 5.73 Å². The smallest absolute Gasteiger partial charge is 0.392 e. The van der Waals surface area contributed by atoms with E-state index in [1.807, 2.05) is 0 Å². The van der Waals surface area contributed by atoms with Crippen molar-refractivity contribution in [1.82, 2.24) is 0 Å². The second kappa shape index (κ2) is 6.18. The Morgan fingerprint density at radius 1 is 1.43 bits per heavy atom. The molecule has 0 aromatic heterocycles. The minimum absolute atomic E-state index is 0.128. The molecule has 3 N–H and O–H groups in total. The lowest BCUT2D eigenvalue weighted by Gasteiger charge is -2.18. The van der Waals surface area contributed by atoms with Gasteiger partial charge in [0.15, 0.2) is 0 Å². The highest BCUT2D eigenvalue weighted by Crippen LogP contribution is 2.32. The predicted molar refractivity (Wildman–Crippen MR) is 79.6 cm³/mol. The summed E-state index contributed by atoms with van der Waals surface area (Å²) in [6.45, 7) is 3.07. The zero-order chi connectivity index (χ0) is 16.4. The van der Waals surface area contributed by atoms with Crippen molar-refractivity contribution in [2.45, 2.75) is 31.7 Å². The zero-order valence-electron chi connectivity index (χ0n) is 11.4. The number of anilines is 1. The Labute approximate surface area is 126 Å². The highest BCUT2D eigenvalue weighted by molar-refractivity contribution is 7.95. The average Bonchev–Trinajstić information content (AvgIpc) is 2.30. The van der Waals surface area contributed by atoms with Crippen LogP contribution in [0.2, 0.25) is 0 Å². The second-order valence-corrected chi connectivity index (χ2v) is 6.81. The number of benzene rings is 1. The third-order valence-electron chi connectivity index (χ3n) is 2.88. The first-order valence-corrected chi connectivity index (χ1v) is 7.93. The van der Waals surface area contributed by atoms with Crippen LogP contribution in [0.1, 0.15) is 24.5 Å². The van der Waals surface area contributed by atoms with Crippen LogP contribution in [0.4, 0.5) is 18.9 Å². The molecule has 1 aromatic rings. The summed E-state index contributed by atoms with van der Waals surface area (Å²) in [6, 6.07) is 2.83. The normalized spacial score (nSPS) is 13.8. The van der Waals surface area contributed by atoms with Gasteiger partial charge in [-0.1, -0.05) is 25.2 Å². The van der Waals surface area contributed by atoms with Crippen molar-refractivity contribution >= 4 is 32.9 Å². The van der Waals surface area contributed by atoms with E-state index in [9.17, 15) is 21.6 Å². The molecule has 4 nitrogen and oxygen atoms in total. The van der Waals surface area contributed by atoms with Gasteiger partial charge in [-0.15, -0.1) is 0 Å². The molecular formula is C12H15F3N2O2S2. The second-order valence-electron chi connectivity index (χ2n) is 4.47. The lowest BCUT2D eigenvalue weighted by molar-refractivity contribution is -0.137. The van der Waals surface area contributed by atoms with Crippen molar-refractivity contribution in [2.75, 3.05) is 4.72 Å². The van der Waals surface area contributed by atoms with Crippen molar-refractivity contribution < 1.29 is 21.6 Å². The van der Waals surface area contributed by atoms with E-state index in [0.29, 0.717) is 5.56 Å². The molecule has 0 bridgehead atoms. The number of hydrogen-bond donors (Lipinski definition) is 2. The summed E-state index contributed by atoms with van der Waals surface area (Å²) in [5, 5.41) is -1.14. The number of hydrogen-bond acceptors (Lipinski definition) is 3. The first-order valence-electron chi connectivity index (χ1n) is 5.97. The summed E-state index contributed by atoms with van der Waals surface area (Å²) >= 11 is 4.68. The number of aryl methyl sites for hydroxylation is 1. The Morgan fingerprint density at radius 2 is 2.00 bits per heavy atom. The Bertz CT molecular complexity index is 642. The highest BCUT2D eigenvalue weighted by atomic mass is 32.2. The molecule has 0 aliphatic rings. The van der Waals surface area contributed by atoms with E-state index in [2.05, 4.69) is 16.9 Å². The minimum atomic E-state index is -4.55. The number of thiocarbonyl (C=S) groups is 1. The Kier molecular flexibility index (Phi) is 5.21. The standard InChI is InChI=1S/C12H15F3N2O2S2/c1-3-10(11(16)20)21(18,19)17-9-6-8(12(13,14)15)5-4-7(9)2/h4-6,10,17H,3H2,1-2H3,(H2,16,20). The third-order valence-corrected chi connectivity index (χ3v) is 5.15. The van der Waals surface area contributed by atoms with Gasteiger partial charge in [0.05, 0.1) is 16.2 Å². The van der Waals surface area contributed by atoms with Crippen molar-refractivity contribution in [3.8, 4) is 0 Å². The number of nitrogens with one attached hydrogen (secondary N) is 1. The number of alkyl halides is 3. The molecule has 9 heteroatoms. The van der Waals surface area contributed by atoms with Crippen molar-refractivity contribution in [2.24, 2.45) is 5.73 Å². The van der Waals surface area contributed by atoms with E-state index in [-0.39, 0.29) is 17.1 Å². The van der Waals surface area contributed by atoms with Crippen LogP contribution in [0.25, 0.3) is 0 Å². The predicted octanol–water partition coefficient (Wildman–Crippen LogP) is 2.82. The molecule has 0 amide bonds. The molecule has 1 rings (SSSR count). The molecule has 118 valence electrons. The molecule has 0 saturated carbocycles. The summed E-state index contributed by atoms with van der Waals surface area (Å²) in [4.78, 5) is -0.227. The Balaban J connectivity index is 3.21. The van der Waals surface area contributed by atoms with Crippen LogP contribution < -0.4 is 10.5 Å². The van der Waals surface area contributed by atoms with Crippen molar-refractivity contribution in [3.63, 3.8) is 0 Å². The molecule has 0 aliphatic carbocycles. The maximum atomic E-state index is 12.7. The van der Waals surface area contributed by atoms with E-state index in [0.717, 1.165) is 12.1 Å². The highest BCUT2D eigenvalue weighted by Gasteiger charge is 2.32. The fourth-order valence-electron chi connectivity index (χ4n) is 1.71. The molecule has 0 radical (unpaired) electrons. The molecule has 21 heavy (non-hydrogen) atoms. The average molecular weight is 340 g/mol. The van der Waals surface area contributed by atoms with Gasteiger partial charge in [0, 0.05) is 0 Å². The van der Waals surface area contributed by atoms with Crippen molar-refractivity contribution in [1.29, 1.82) is 0 Å². The summed E-state index contributed by atoms with van der Waals surface area (Å²) in [5.74, 6) is 0. The van der Waals surface area contributed by atoms with Gasteiger partial charge in [-0.05, 0) is 31.0 Å². The van der Waals surface area contributed by atoms with Crippen LogP contribution in [-0.2, 0) is 16.2 Å². The molecule has 0 heterocycles. The van der Waals surface area contributed by atoms with E-state index in [1.54, 1.807) is 6.92 Å². The number of rotatable bonds is 5.